The van der Waals surface area contributed by atoms with E-state index in [4.69, 9.17) is 4.74 Å². The Morgan fingerprint density at radius 3 is 2.67 bits per heavy atom. The summed E-state index contributed by atoms with van der Waals surface area (Å²) in [4.78, 5) is 0. The quantitative estimate of drug-likeness (QED) is 0.655. The molecule has 0 unspecified atom stereocenters. The smallest absolute Gasteiger partial charge is 0.142 e. The molecule has 0 radical (unpaired) electrons. The Hall–Kier alpha value is -1.18. The molecular weight excluding hydrogens is 186 g/mol. The molecule has 2 nitrogen and oxygen atoms in total. The Bertz CT molecular complexity index is 338. The number of nitrogens with one attached hydrogen (secondary N) is 1. The number of benzene rings is 1. The third-order valence-electron chi connectivity index (χ3n) is 3.37. The molecule has 0 saturated carbocycles. The van der Waals surface area contributed by atoms with Crippen molar-refractivity contribution in [1.82, 2.24) is 0 Å². The second kappa shape index (κ2) is 3.76. The highest BCUT2D eigenvalue weighted by molar-refractivity contribution is 5.61. The summed E-state index contributed by atoms with van der Waals surface area (Å²) in [6, 6.07) is 4.55. The van der Waals surface area contributed by atoms with Gasteiger partial charge >= 0.3 is 0 Å². The van der Waals surface area contributed by atoms with Gasteiger partial charge < -0.3 is 10.1 Å². The second-order valence-electron chi connectivity index (χ2n) is 4.45. The van der Waals surface area contributed by atoms with Gasteiger partial charge in [-0.1, -0.05) is 6.42 Å². The zero-order chi connectivity index (χ0) is 10.1. The molecule has 0 spiro atoms. The molecule has 0 amide bonds. The first-order chi connectivity index (χ1) is 7.43. The molecule has 1 N–H and O–H groups in total. The van der Waals surface area contributed by atoms with Crippen LogP contribution in [0, 0.1) is 0 Å². The van der Waals surface area contributed by atoms with E-state index in [1.54, 1.807) is 0 Å². The van der Waals surface area contributed by atoms with Crippen molar-refractivity contribution >= 4 is 5.69 Å². The lowest BCUT2D eigenvalue weighted by atomic mass is 10.0. The molecule has 0 saturated heterocycles. The van der Waals surface area contributed by atoms with Crippen LogP contribution in [-0.2, 0) is 12.8 Å². The number of fused-ring (bicyclic) bond motifs is 2. The summed E-state index contributed by atoms with van der Waals surface area (Å²) in [7, 11) is 0. The van der Waals surface area contributed by atoms with Crippen LogP contribution in [0.3, 0.4) is 0 Å². The third kappa shape index (κ3) is 1.69. The van der Waals surface area contributed by atoms with Gasteiger partial charge in [-0.2, -0.15) is 0 Å². The number of rotatable bonds is 0. The van der Waals surface area contributed by atoms with E-state index < -0.39 is 0 Å². The normalized spacial score (nSPS) is 19.2. The predicted molar refractivity (Wildman–Crippen MR) is 61.7 cm³/mol. The number of anilines is 1. The van der Waals surface area contributed by atoms with Gasteiger partial charge in [0.2, 0.25) is 0 Å². The van der Waals surface area contributed by atoms with Crippen LogP contribution in [0.25, 0.3) is 0 Å². The highest BCUT2D eigenvalue weighted by Gasteiger charge is 2.15. The Kier molecular flexibility index (Phi) is 2.28. The lowest BCUT2D eigenvalue weighted by molar-refractivity contribution is 0.323. The van der Waals surface area contributed by atoms with Gasteiger partial charge in [0.05, 0.1) is 5.69 Å². The first-order valence-electron chi connectivity index (χ1n) is 5.96. The molecule has 0 fully saturated rings. The van der Waals surface area contributed by atoms with E-state index in [9.17, 15) is 0 Å². The molecule has 80 valence electrons. The summed E-state index contributed by atoms with van der Waals surface area (Å²) in [6.45, 7) is 1.73. The van der Waals surface area contributed by atoms with Crippen molar-refractivity contribution in [3.8, 4) is 5.75 Å². The molecule has 15 heavy (non-hydrogen) atoms. The Morgan fingerprint density at radius 1 is 1.00 bits per heavy atom. The van der Waals surface area contributed by atoms with Crippen molar-refractivity contribution in [2.75, 3.05) is 18.5 Å². The van der Waals surface area contributed by atoms with Gasteiger partial charge in [-0.25, -0.2) is 0 Å². The first kappa shape index (κ1) is 9.08. The van der Waals surface area contributed by atoms with Crippen molar-refractivity contribution in [3.05, 3.63) is 23.3 Å². The van der Waals surface area contributed by atoms with Crippen LogP contribution in [0.15, 0.2) is 12.1 Å². The zero-order valence-corrected chi connectivity index (χ0v) is 9.01. The first-order valence-corrected chi connectivity index (χ1v) is 5.96. The van der Waals surface area contributed by atoms with Gasteiger partial charge in [0.25, 0.3) is 0 Å². The fourth-order valence-corrected chi connectivity index (χ4v) is 2.54. The summed E-state index contributed by atoms with van der Waals surface area (Å²) >= 11 is 0. The van der Waals surface area contributed by atoms with Crippen LogP contribution in [-0.4, -0.2) is 13.2 Å². The highest BCUT2D eigenvalue weighted by Crippen LogP contribution is 2.33. The van der Waals surface area contributed by atoms with Gasteiger partial charge in [0, 0.05) is 6.54 Å². The average molecular weight is 203 g/mol. The van der Waals surface area contributed by atoms with E-state index in [2.05, 4.69) is 17.4 Å². The van der Waals surface area contributed by atoms with Crippen molar-refractivity contribution in [3.63, 3.8) is 0 Å². The maximum Gasteiger partial charge on any atom is 0.142 e. The van der Waals surface area contributed by atoms with E-state index in [0.717, 1.165) is 18.9 Å². The lowest BCUT2D eigenvalue weighted by Crippen LogP contribution is -2.18. The Balaban J connectivity index is 2.02. The van der Waals surface area contributed by atoms with Crippen LogP contribution in [0.4, 0.5) is 5.69 Å². The van der Waals surface area contributed by atoms with Gasteiger partial charge in [-0.3, -0.25) is 0 Å². The maximum absolute atomic E-state index is 5.67. The number of hydrogen-bond donors (Lipinski definition) is 1. The van der Waals surface area contributed by atoms with Crippen LogP contribution in [0.2, 0.25) is 0 Å². The standard InChI is InChI=1S/C13H17NO/c1-2-4-10-8-12-13(15-7-6-14-12)9-11(10)5-3-1/h8-9,14H,1-7H2. The van der Waals surface area contributed by atoms with E-state index in [1.165, 1.54) is 48.9 Å². The predicted octanol–water partition coefficient (Wildman–Crippen LogP) is 2.76. The van der Waals surface area contributed by atoms with Crippen molar-refractivity contribution in [2.24, 2.45) is 0 Å². The van der Waals surface area contributed by atoms with Crippen LogP contribution in [0.1, 0.15) is 30.4 Å². The molecule has 2 heteroatoms. The molecule has 1 aromatic carbocycles. The molecule has 1 heterocycles. The molecule has 0 bridgehead atoms. The Labute approximate surface area is 90.6 Å². The van der Waals surface area contributed by atoms with Gasteiger partial charge in [-0.05, 0) is 48.9 Å². The fourth-order valence-electron chi connectivity index (χ4n) is 2.54. The van der Waals surface area contributed by atoms with E-state index in [-0.39, 0.29) is 0 Å². The summed E-state index contributed by atoms with van der Waals surface area (Å²) in [5.41, 5.74) is 4.24. The van der Waals surface area contributed by atoms with Crippen LogP contribution < -0.4 is 10.1 Å². The number of hydrogen-bond acceptors (Lipinski definition) is 2. The molecule has 1 aliphatic heterocycles. The summed E-state index contributed by atoms with van der Waals surface area (Å²) < 4.78 is 5.67. The topological polar surface area (TPSA) is 21.3 Å². The minimum absolute atomic E-state index is 0.797. The largest absolute Gasteiger partial charge is 0.490 e. The lowest BCUT2D eigenvalue weighted by Gasteiger charge is -2.21. The maximum atomic E-state index is 5.67. The molecular formula is C13H17NO. The molecule has 0 aromatic heterocycles. The van der Waals surface area contributed by atoms with Crippen molar-refractivity contribution in [1.29, 1.82) is 0 Å². The zero-order valence-electron chi connectivity index (χ0n) is 9.01. The molecule has 0 atom stereocenters. The van der Waals surface area contributed by atoms with Crippen LogP contribution >= 0.6 is 0 Å². The summed E-state index contributed by atoms with van der Waals surface area (Å²) in [6.07, 6.45) is 6.51. The van der Waals surface area contributed by atoms with Gasteiger partial charge in [-0.15, -0.1) is 0 Å². The third-order valence-corrected chi connectivity index (χ3v) is 3.37. The van der Waals surface area contributed by atoms with Crippen LogP contribution in [0.5, 0.6) is 5.75 Å². The highest BCUT2D eigenvalue weighted by atomic mass is 16.5. The monoisotopic (exact) mass is 203 g/mol. The van der Waals surface area contributed by atoms with Crippen molar-refractivity contribution in [2.45, 2.75) is 32.1 Å². The molecule has 2 aliphatic rings. The molecule has 3 rings (SSSR count). The number of aryl methyl sites for hydroxylation is 2. The van der Waals surface area contributed by atoms with E-state index in [1.807, 2.05) is 0 Å². The van der Waals surface area contributed by atoms with E-state index in [0.29, 0.717) is 0 Å². The molecule has 1 aromatic rings. The number of ether oxygens (including phenoxy) is 1. The van der Waals surface area contributed by atoms with Gasteiger partial charge in [0.1, 0.15) is 12.4 Å². The SMILES string of the molecule is c1c2c(cc3c1NCCO3)CCCCC2. The van der Waals surface area contributed by atoms with Crippen molar-refractivity contribution < 1.29 is 4.74 Å². The minimum atomic E-state index is 0.797. The second-order valence-corrected chi connectivity index (χ2v) is 4.45. The summed E-state index contributed by atoms with van der Waals surface area (Å²) in [5.74, 6) is 1.06. The summed E-state index contributed by atoms with van der Waals surface area (Å²) in [5, 5.41) is 3.41. The van der Waals surface area contributed by atoms with Gasteiger partial charge in [0.15, 0.2) is 0 Å². The Morgan fingerprint density at radius 2 is 1.80 bits per heavy atom. The van der Waals surface area contributed by atoms with E-state index >= 15 is 0 Å². The minimum Gasteiger partial charge on any atom is -0.490 e. The molecule has 1 aliphatic carbocycles. The average Bonchev–Trinajstić information content (AvgIpc) is 2.50. The fraction of sp³-hybridized carbons (Fsp3) is 0.538.